The molecule has 0 amide bonds. The third-order valence-electron chi connectivity index (χ3n) is 4.46. The van der Waals surface area contributed by atoms with Gasteiger partial charge in [-0.2, -0.15) is 0 Å². The Morgan fingerprint density at radius 3 is 2.30 bits per heavy atom. The van der Waals surface area contributed by atoms with Crippen LogP contribution in [-0.2, 0) is 0 Å². The van der Waals surface area contributed by atoms with E-state index in [0.717, 1.165) is 34.5 Å². The van der Waals surface area contributed by atoms with Gasteiger partial charge in [-0.25, -0.2) is 0 Å². The maximum atomic E-state index is 6.43. The first kappa shape index (κ1) is 16.1. The van der Waals surface area contributed by atoms with Crippen molar-refractivity contribution in [2.75, 3.05) is 6.54 Å². The van der Waals surface area contributed by atoms with Gasteiger partial charge < -0.3 is 5.32 Å². The molecule has 1 aliphatic carbocycles. The monoisotopic (exact) mass is 313 g/mol. The number of rotatable bonds is 5. The van der Waals surface area contributed by atoms with Crippen LogP contribution in [0.1, 0.15) is 57.6 Å². The van der Waals surface area contributed by atoms with Crippen molar-refractivity contribution in [3.05, 3.63) is 33.8 Å². The minimum Gasteiger partial charge on any atom is -0.310 e. The van der Waals surface area contributed by atoms with Crippen LogP contribution in [0.25, 0.3) is 0 Å². The Labute approximate surface area is 133 Å². The zero-order chi connectivity index (χ0) is 14.5. The highest BCUT2D eigenvalue weighted by atomic mass is 35.5. The van der Waals surface area contributed by atoms with Crippen molar-refractivity contribution in [3.8, 4) is 0 Å². The van der Waals surface area contributed by atoms with Gasteiger partial charge >= 0.3 is 0 Å². The van der Waals surface area contributed by atoms with Crippen molar-refractivity contribution >= 4 is 23.2 Å². The van der Waals surface area contributed by atoms with E-state index in [4.69, 9.17) is 23.2 Å². The standard InChI is InChI=1S/C17H25Cl2N/c1-3-11-20-17(13-9-7-12(2)8-10-13)16-14(18)5-4-6-15(16)19/h4-6,12-13,17,20H,3,7-11H2,1-2H3. The van der Waals surface area contributed by atoms with Gasteiger partial charge in [-0.05, 0) is 49.8 Å². The van der Waals surface area contributed by atoms with Crippen molar-refractivity contribution in [2.45, 2.75) is 52.0 Å². The minimum atomic E-state index is 0.295. The van der Waals surface area contributed by atoms with Crippen LogP contribution in [0.3, 0.4) is 0 Å². The van der Waals surface area contributed by atoms with Crippen molar-refractivity contribution in [1.29, 1.82) is 0 Å². The quantitative estimate of drug-likeness (QED) is 0.717. The molecule has 0 aliphatic heterocycles. The third kappa shape index (κ3) is 3.90. The van der Waals surface area contributed by atoms with Gasteiger partial charge in [0.15, 0.2) is 0 Å². The molecule has 112 valence electrons. The Balaban J connectivity index is 2.22. The molecule has 0 heterocycles. The molecule has 1 fully saturated rings. The summed E-state index contributed by atoms with van der Waals surface area (Å²) in [4.78, 5) is 0. The molecule has 2 rings (SSSR count). The summed E-state index contributed by atoms with van der Waals surface area (Å²) in [6.07, 6.45) is 6.30. The first-order valence-electron chi connectivity index (χ1n) is 7.80. The molecule has 0 bridgehead atoms. The van der Waals surface area contributed by atoms with Crippen LogP contribution in [0.4, 0.5) is 0 Å². The zero-order valence-electron chi connectivity index (χ0n) is 12.5. The fourth-order valence-electron chi connectivity index (χ4n) is 3.23. The molecular weight excluding hydrogens is 289 g/mol. The molecule has 20 heavy (non-hydrogen) atoms. The predicted octanol–water partition coefficient (Wildman–Crippen LogP) is 5.86. The Bertz CT molecular complexity index is 405. The summed E-state index contributed by atoms with van der Waals surface area (Å²) in [6, 6.07) is 6.13. The molecule has 1 aromatic carbocycles. The highest BCUT2D eigenvalue weighted by molar-refractivity contribution is 6.36. The Morgan fingerprint density at radius 1 is 1.15 bits per heavy atom. The molecule has 1 unspecified atom stereocenters. The van der Waals surface area contributed by atoms with E-state index in [1.165, 1.54) is 25.7 Å². The smallest absolute Gasteiger partial charge is 0.0468 e. The summed E-state index contributed by atoms with van der Waals surface area (Å²) in [7, 11) is 0. The van der Waals surface area contributed by atoms with E-state index in [0.29, 0.717) is 12.0 Å². The number of hydrogen-bond donors (Lipinski definition) is 1. The number of nitrogens with one attached hydrogen (secondary N) is 1. The van der Waals surface area contributed by atoms with E-state index in [-0.39, 0.29) is 0 Å². The molecule has 1 nitrogen and oxygen atoms in total. The Kier molecular flexibility index (Phi) is 6.20. The Morgan fingerprint density at radius 2 is 1.75 bits per heavy atom. The van der Waals surface area contributed by atoms with E-state index in [1.807, 2.05) is 18.2 Å². The second-order valence-corrected chi connectivity index (χ2v) is 6.90. The summed E-state index contributed by atoms with van der Waals surface area (Å²) < 4.78 is 0. The zero-order valence-corrected chi connectivity index (χ0v) is 14.0. The lowest BCUT2D eigenvalue weighted by atomic mass is 9.77. The molecule has 0 saturated heterocycles. The topological polar surface area (TPSA) is 12.0 Å². The van der Waals surface area contributed by atoms with Crippen LogP contribution in [0.15, 0.2) is 18.2 Å². The van der Waals surface area contributed by atoms with Gasteiger partial charge in [0.1, 0.15) is 0 Å². The Hall–Kier alpha value is -0.240. The molecule has 1 atom stereocenters. The summed E-state index contributed by atoms with van der Waals surface area (Å²) in [5.41, 5.74) is 1.10. The highest BCUT2D eigenvalue weighted by Gasteiger charge is 2.29. The molecule has 1 saturated carbocycles. The summed E-state index contributed by atoms with van der Waals surface area (Å²) >= 11 is 12.9. The SMILES string of the molecule is CCCNC(c1c(Cl)cccc1Cl)C1CCC(C)CC1. The van der Waals surface area contributed by atoms with Crippen molar-refractivity contribution in [1.82, 2.24) is 5.32 Å². The highest BCUT2D eigenvalue weighted by Crippen LogP contribution is 2.41. The molecule has 1 aromatic rings. The fraction of sp³-hybridized carbons (Fsp3) is 0.647. The summed E-state index contributed by atoms with van der Waals surface area (Å²) in [5, 5.41) is 5.28. The summed E-state index contributed by atoms with van der Waals surface area (Å²) in [5.74, 6) is 1.51. The number of hydrogen-bond acceptors (Lipinski definition) is 1. The van der Waals surface area contributed by atoms with Gasteiger partial charge in [0.2, 0.25) is 0 Å². The molecule has 0 aromatic heterocycles. The van der Waals surface area contributed by atoms with Crippen molar-refractivity contribution in [3.63, 3.8) is 0 Å². The van der Waals surface area contributed by atoms with Crippen molar-refractivity contribution < 1.29 is 0 Å². The molecule has 1 N–H and O–H groups in total. The van der Waals surface area contributed by atoms with E-state index < -0.39 is 0 Å². The maximum Gasteiger partial charge on any atom is 0.0468 e. The summed E-state index contributed by atoms with van der Waals surface area (Å²) in [6.45, 7) is 5.56. The lowest BCUT2D eigenvalue weighted by Gasteiger charge is -2.34. The lowest BCUT2D eigenvalue weighted by Crippen LogP contribution is -2.31. The lowest BCUT2D eigenvalue weighted by molar-refractivity contribution is 0.231. The van der Waals surface area contributed by atoms with Crippen LogP contribution >= 0.6 is 23.2 Å². The second-order valence-electron chi connectivity index (χ2n) is 6.09. The van der Waals surface area contributed by atoms with Crippen LogP contribution in [0.2, 0.25) is 10.0 Å². The van der Waals surface area contributed by atoms with Gasteiger partial charge in [-0.15, -0.1) is 0 Å². The van der Waals surface area contributed by atoms with E-state index in [9.17, 15) is 0 Å². The fourth-order valence-corrected chi connectivity index (χ4v) is 3.86. The second kappa shape index (κ2) is 7.68. The normalized spacial score (nSPS) is 24.6. The number of benzene rings is 1. The number of halogens is 2. The molecule has 0 spiro atoms. The average Bonchev–Trinajstić information content (AvgIpc) is 2.43. The largest absolute Gasteiger partial charge is 0.310 e. The van der Waals surface area contributed by atoms with Gasteiger partial charge in [0.05, 0.1) is 0 Å². The van der Waals surface area contributed by atoms with Gasteiger partial charge in [0, 0.05) is 21.7 Å². The first-order chi connectivity index (χ1) is 9.63. The van der Waals surface area contributed by atoms with Gasteiger partial charge in [-0.1, -0.05) is 56.0 Å². The molecule has 3 heteroatoms. The van der Waals surface area contributed by atoms with E-state index >= 15 is 0 Å². The minimum absolute atomic E-state index is 0.295. The van der Waals surface area contributed by atoms with Crippen LogP contribution < -0.4 is 5.32 Å². The van der Waals surface area contributed by atoms with Crippen LogP contribution in [0.5, 0.6) is 0 Å². The maximum absolute atomic E-state index is 6.43. The molecular formula is C17H25Cl2N. The van der Waals surface area contributed by atoms with Gasteiger partial charge in [-0.3, -0.25) is 0 Å². The van der Waals surface area contributed by atoms with Crippen LogP contribution in [0, 0.1) is 11.8 Å². The first-order valence-corrected chi connectivity index (χ1v) is 8.56. The van der Waals surface area contributed by atoms with E-state index in [1.54, 1.807) is 0 Å². The van der Waals surface area contributed by atoms with Gasteiger partial charge in [0.25, 0.3) is 0 Å². The predicted molar refractivity (Wildman–Crippen MR) is 88.6 cm³/mol. The molecule has 1 aliphatic rings. The third-order valence-corrected chi connectivity index (χ3v) is 5.12. The van der Waals surface area contributed by atoms with E-state index in [2.05, 4.69) is 19.2 Å². The van der Waals surface area contributed by atoms with Crippen LogP contribution in [-0.4, -0.2) is 6.54 Å². The average molecular weight is 314 g/mol. The molecule has 0 radical (unpaired) electrons. The van der Waals surface area contributed by atoms with Crippen molar-refractivity contribution in [2.24, 2.45) is 11.8 Å².